The summed E-state index contributed by atoms with van der Waals surface area (Å²) in [6, 6.07) is 14.7. The first-order chi connectivity index (χ1) is 12.9. The number of carbonyl (C=O) groups is 2. The van der Waals surface area contributed by atoms with Crippen LogP contribution in [0.1, 0.15) is 42.9 Å². The number of benzene rings is 2. The van der Waals surface area contributed by atoms with Crippen molar-refractivity contribution in [1.29, 1.82) is 0 Å². The highest BCUT2D eigenvalue weighted by Crippen LogP contribution is 2.25. The number of amides is 1. The van der Waals surface area contributed by atoms with E-state index in [1.54, 1.807) is 18.9 Å². The lowest BCUT2D eigenvalue weighted by atomic mass is 9.96. The number of hydrogen-bond donors (Lipinski definition) is 2. The molecule has 0 aliphatic rings. The Balaban J connectivity index is 2.06. The maximum atomic E-state index is 12.5. The topological polar surface area (TPSA) is 75.6 Å². The highest BCUT2D eigenvalue weighted by atomic mass is 32.2. The first-order valence-electron chi connectivity index (χ1n) is 8.72. The third-order valence-corrected chi connectivity index (χ3v) is 5.13. The van der Waals surface area contributed by atoms with E-state index in [9.17, 15) is 14.7 Å². The Kier molecular flexibility index (Phi) is 7.73. The Labute approximate surface area is 164 Å². The number of ether oxygens (including phenoxy) is 1. The molecule has 1 amide bonds. The van der Waals surface area contributed by atoms with Gasteiger partial charge in [0.05, 0.1) is 19.6 Å². The second-order valence-electron chi connectivity index (χ2n) is 6.37. The summed E-state index contributed by atoms with van der Waals surface area (Å²) in [5.41, 5.74) is 1.79. The van der Waals surface area contributed by atoms with Gasteiger partial charge in [0.2, 0.25) is 5.91 Å². The lowest BCUT2D eigenvalue weighted by Crippen LogP contribution is -2.30. The average Bonchev–Trinajstić information content (AvgIpc) is 2.67. The molecule has 2 atom stereocenters. The molecule has 27 heavy (non-hydrogen) atoms. The number of rotatable bonds is 9. The molecule has 2 aromatic carbocycles. The first-order valence-corrected chi connectivity index (χ1v) is 9.94. The predicted octanol–water partition coefficient (Wildman–Crippen LogP) is 4.24. The van der Waals surface area contributed by atoms with Gasteiger partial charge in [-0.25, -0.2) is 0 Å². The van der Waals surface area contributed by atoms with Crippen LogP contribution >= 0.6 is 11.8 Å². The number of hydrogen-bond acceptors (Lipinski definition) is 4. The van der Waals surface area contributed by atoms with E-state index in [0.717, 1.165) is 21.8 Å². The van der Waals surface area contributed by atoms with Crippen LogP contribution in [0.2, 0.25) is 0 Å². The third-order valence-electron chi connectivity index (χ3n) is 4.39. The molecule has 2 rings (SSSR count). The molecule has 0 fully saturated rings. The number of nitrogens with one attached hydrogen (secondary N) is 1. The van der Waals surface area contributed by atoms with Crippen LogP contribution in [-0.4, -0.2) is 30.3 Å². The second kappa shape index (κ2) is 10.0. The fraction of sp³-hybridized carbons (Fsp3) is 0.333. The number of methoxy groups -OCH3 is 1. The number of thioether (sulfide) groups is 1. The van der Waals surface area contributed by atoms with Gasteiger partial charge >= 0.3 is 5.97 Å². The molecule has 0 heterocycles. The zero-order chi connectivity index (χ0) is 19.8. The molecule has 144 valence electrons. The minimum Gasteiger partial charge on any atom is -0.497 e. The van der Waals surface area contributed by atoms with Crippen LogP contribution in [0.15, 0.2) is 53.4 Å². The summed E-state index contributed by atoms with van der Waals surface area (Å²) in [7, 11) is 1.61. The third kappa shape index (κ3) is 6.32. The van der Waals surface area contributed by atoms with E-state index in [4.69, 9.17) is 4.74 Å². The zero-order valence-electron chi connectivity index (χ0n) is 15.8. The van der Waals surface area contributed by atoms with Crippen LogP contribution < -0.4 is 10.1 Å². The van der Waals surface area contributed by atoms with E-state index in [0.29, 0.717) is 0 Å². The van der Waals surface area contributed by atoms with Gasteiger partial charge in [0.1, 0.15) is 5.75 Å². The van der Waals surface area contributed by atoms with Crippen molar-refractivity contribution in [2.45, 2.75) is 36.6 Å². The summed E-state index contributed by atoms with van der Waals surface area (Å²) in [6.45, 7) is 1.97. The standard InChI is InChI=1S/C21H25NO4S/c1-14(16-5-4-6-17(12-16)26-2)11-20(23)22-19(13-21(24)25)15-7-9-18(27-3)10-8-15/h4-10,12,14,19H,11,13H2,1-3H3,(H,22,23)(H,24,25). The Morgan fingerprint density at radius 1 is 1.11 bits per heavy atom. The van der Waals surface area contributed by atoms with Crippen molar-refractivity contribution < 1.29 is 19.4 Å². The molecule has 0 radical (unpaired) electrons. The van der Waals surface area contributed by atoms with Gasteiger partial charge in [0, 0.05) is 11.3 Å². The van der Waals surface area contributed by atoms with E-state index >= 15 is 0 Å². The molecule has 2 N–H and O–H groups in total. The quantitative estimate of drug-likeness (QED) is 0.629. The van der Waals surface area contributed by atoms with Gasteiger partial charge in [-0.15, -0.1) is 11.8 Å². The molecule has 2 unspecified atom stereocenters. The summed E-state index contributed by atoms with van der Waals surface area (Å²) in [4.78, 5) is 24.9. The van der Waals surface area contributed by atoms with Crippen molar-refractivity contribution in [2.24, 2.45) is 0 Å². The molecule has 6 heteroatoms. The second-order valence-corrected chi connectivity index (χ2v) is 7.25. The molecular weight excluding hydrogens is 362 g/mol. The van der Waals surface area contributed by atoms with Crippen LogP contribution in [0.3, 0.4) is 0 Å². The van der Waals surface area contributed by atoms with Crippen molar-refractivity contribution >= 4 is 23.6 Å². The largest absolute Gasteiger partial charge is 0.497 e. The maximum Gasteiger partial charge on any atom is 0.305 e. The summed E-state index contributed by atoms with van der Waals surface area (Å²) in [5, 5.41) is 12.1. The molecule has 0 aliphatic heterocycles. The van der Waals surface area contributed by atoms with Crippen molar-refractivity contribution in [3.05, 3.63) is 59.7 Å². The molecule has 2 aromatic rings. The Bertz CT molecular complexity index is 776. The zero-order valence-corrected chi connectivity index (χ0v) is 16.6. The molecule has 0 spiro atoms. The van der Waals surface area contributed by atoms with Crippen molar-refractivity contribution in [2.75, 3.05) is 13.4 Å². The number of aliphatic carboxylic acids is 1. The minimum absolute atomic E-state index is 0.00977. The van der Waals surface area contributed by atoms with E-state index in [1.807, 2.05) is 61.7 Å². The van der Waals surface area contributed by atoms with E-state index in [2.05, 4.69) is 5.32 Å². The predicted molar refractivity (Wildman–Crippen MR) is 107 cm³/mol. The fourth-order valence-electron chi connectivity index (χ4n) is 2.86. The van der Waals surface area contributed by atoms with Crippen molar-refractivity contribution in [3.63, 3.8) is 0 Å². The van der Waals surface area contributed by atoms with E-state index in [-0.39, 0.29) is 24.7 Å². The average molecular weight is 388 g/mol. The molecule has 0 saturated carbocycles. The van der Waals surface area contributed by atoms with Crippen molar-refractivity contribution in [3.8, 4) is 5.75 Å². The number of carbonyl (C=O) groups excluding carboxylic acids is 1. The molecule has 0 aromatic heterocycles. The normalized spacial score (nSPS) is 12.9. The van der Waals surface area contributed by atoms with Gasteiger partial charge in [-0.3, -0.25) is 9.59 Å². The Morgan fingerprint density at radius 2 is 1.81 bits per heavy atom. The number of carboxylic acids is 1. The summed E-state index contributed by atoms with van der Waals surface area (Å²) >= 11 is 1.61. The Hall–Kier alpha value is -2.47. The lowest BCUT2D eigenvalue weighted by molar-refractivity contribution is -0.137. The van der Waals surface area contributed by atoms with E-state index in [1.165, 1.54) is 0 Å². The van der Waals surface area contributed by atoms with Crippen molar-refractivity contribution in [1.82, 2.24) is 5.32 Å². The number of carboxylic acid groups (broad SMARTS) is 1. The van der Waals surface area contributed by atoms with Gasteiger partial charge in [0.15, 0.2) is 0 Å². The van der Waals surface area contributed by atoms with Crippen LogP contribution in [0.4, 0.5) is 0 Å². The summed E-state index contributed by atoms with van der Waals surface area (Å²) < 4.78 is 5.23. The van der Waals surface area contributed by atoms with Crippen LogP contribution in [-0.2, 0) is 9.59 Å². The lowest BCUT2D eigenvalue weighted by Gasteiger charge is -2.19. The molecule has 0 aliphatic carbocycles. The molecular formula is C21H25NO4S. The maximum absolute atomic E-state index is 12.5. The highest BCUT2D eigenvalue weighted by Gasteiger charge is 2.20. The van der Waals surface area contributed by atoms with Gasteiger partial charge in [-0.2, -0.15) is 0 Å². The van der Waals surface area contributed by atoms with Crippen LogP contribution in [0, 0.1) is 0 Å². The summed E-state index contributed by atoms with van der Waals surface area (Å²) in [5.74, 6) is -0.387. The SMILES string of the molecule is COc1cccc(C(C)CC(=O)NC(CC(=O)O)c2ccc(SC)cc2)c1. The van der Waals surface area contributed by atoms with Gasteiger partial charge in [0.25, 0.3) is 0 Å². The van der Waals surface area contributed by atoms with Gasteiger partial charge in [-0.1, -0.05) is 31.2 Å². The van der Waals surface area contributed by atoms with E-state index < -0.39 is 12.0 Å². The molecule has 5 nitrogen and oxygen atoms in total. The summed E-state index contributed by atoms with van der Waals surface area (Å²) in [6.07, 6.45) is 2.09. The van der Waals surface area contributed by atoms with Gasteiger partial charge in [-0.05, 0) is 47.6 Å². The smallest absolute Gasteiger partial charge is 0.305 e. The minimum atomic E-state index is -0.949. The van der Waals surface area contributed by atoms with Gasteiger partial charge < -0.3 is 15.2 Å². The molecule has 0 saturated heterocycles. The van der Waals surface area contributed by atoms with Crippen LogP contribution in [0.5, 0.6) is 5.75 Å². The fourth-order valence-corrected chi connectivity index (χ4v) is 3.27. The first kappa shape index (κ1) is 20.8. The molecule has 0 bridgehead atoms. The highest BCUT2D eigenvalue weighted by molar-refractivity contribution is 7.98. The monoisotopic (exact) mass is 387 g/mol. The Morgan fingerprint density at radius 3 is 2.41 bits per heavy atom. The van der Waals surface area contributed by atoms with Crippen LogP contribution in [0.25, 0.3) is 0 Å².